The lowest BCUT2D eigenvalue weighted by atomic mass is 10.2. The number of fused-ring (bicyclic) bond motifs is 1. The Morgan fingerprint density at radius 1 is 1.12 bits per heavy atom. The standard InChI is InChI=1S/C20H20N2O4/c1-20(2,3)26-19(23)18-12-15-11-16(22(24)25)9-10-17(15)21(18)13-14-7-5-4-6-8-14/h4-12H,13H2,1-3H3. The number of hydrogen-bond donors (Lipinski definition) is 0. The normalized spacial score (nSPS) is 11.5. The van der Waals surface area contributed by atoms with Crippen molar-refractivity contribution in [2.75, 3.05) is 0 Å². The summed E-state index contributed by atoms with van der Waals surface area (Å²) < 4.78 is 7.35. The van der Waals surface area contributed by atoms with E-state index in [-0.39, 0.29) is 5.69 Å². The molecule has 2 aromatic carbocycles. The first-order valence-electron chi connectivity index (χ1n) is 8.29. The Morgan fingerprint density at radius 2 is 1.81 bits per heavy atom. The highest BCUT2D eigenvalue weighted by Gasteiger charge is 2.23. The minimum absolute atomic E-state index is 0.00917. The molecule has 6 nitrogen and oxygen atoms in total. The number of hydrogen-bond acceptors (Lipinski definition) is 4. The molecule has 0 atom stereocenters. The molecule has 0 N–H and O–H groups in total. The van der Waals surface area contributed by atoms with Crippen molar-refractivity contribution in [2.45, 2.75) is 32.9 Å². The van der Waals surface area contributed by atoms with E-state index in [1.54, 1.807) is 32.9 Å². The van der Waals surface area contributed by atoms with Crippen molar-refractivity contribution in [1.82, 2.24) is 4.57 Å². The Kier molecular flexibility index (Phi) is 4.50. The summed E-state index contributed by atoms with van der Waals surface area (Å²) in [5.41, 5.74) is 1.51. The molecule has 3 aromatic rings. The van der Waals surface area contributed by atoms with Gasteiger partial charge in [0, 0.05) is 29.6 Å². The first-order chi connectivity index (χ1) is 12.2. The molecule has 0 aliphatic heterocycles. The summed E-state index contributed by atoms with van der Waals surface area (Å²) >= 11 is 0. The van der Waals surface area contributed by atoms with Crippen LogP contribution in [0.5, 0.6) is 0 Å². The molecule has 0 fully saturated rings. The Bertz CT molecular complexity index is 969. The van der Waals surface area contributed by atoms with Crippen LogP contribution in [0.25, 0.3) is 10.9 Å². The third kappa shape index (κ3) is 3.74. The molecule has 134 valence electrons. The second kappa shape index (κ2) is 6.63. The minimum Gasteiger partial charge on any atom is -0.455 e. The number of ether oxygens (including phenoxy) is 1. The van der Waals surface area contributed by atoms with Crippen LogP contribution in [0.4, 0.5) is 5.69 Å². The van der Waals surface area contributed by atoms with E-state index in [0.717, 1.165) is 11.1 Å². The van der Waals surface area contributed by atoms with Crippen LogP contribution in [-0.2, 0) is 11.3 Å². The van der Waals surface area contributed by atoms with Gasteiger partial charge in [-0.05, 0) is 38.5 Å². The smallest absolute Gasteiger partial charge is 0.355 e. The van der Waals surface area contributed by atoms with Crippen LogP contribution in [0.15, 0.2) is 54.6 Å². The number of benzene rings is 2. The van der Waals surface area contributed by atoms with Crippen molar-refractivity contribution < 1.29 is 14.5 Å². The summed E-state index contributed by atoms with van der Waals surface area (Å²) in [5, 5.41) is 11.7. The summed E-state index contributed by atoms with van der Waals surface area (Å²) in [6.45, 7) is 5.89. The molecule has 0 spiro atoms. The molecular weight excluding hydrogens is 332 g/mol. The third-order valence-electron chi connectivity index (χ3n) is 3.89. The summed E-state index contributed by atoms with van der Waals surface area (Å²) in [7, 11) is 0. The maximum atomic E-state index is 12.7. The van der Waals surface area contributed by atoms with Gasteiger partial charge in [-0.15, -0.1) is 0 Å². The molecule has 26 heavy (non-hydrogen) atoms. The fourth-order valence-electron chi connectivity index (χ4n) is 2.81. The van der Waals surface area contributed by atoms with Crippen molar-refractivity contribution in [2.24, 2.45) is 0 Å². The zero-order valence-corrected chi connectivity index (χ0v) is 14.9. The van der Waals surface area contributed by atoms with E-state index in [4.69, 9.17) is 4.74 Å². The maximum Gasteiger partial charge on any atom is 0.355 e. The molecule has 0 aliphatic rings. The van der Waals surface area contributed by atoms with Gasteiger partial charge in [0.15, 0.2) is 0 Å². The third-order valence-corrected chi connectivity index (χ3v) is 3.89. The topological polar surface area (TPSA) is 74.4 Å². The zero-order chi connectivity index (χ0) is 18.9. The summed E-state index contributed by atoms with van der Waals surface area (Å²) in [5.74, 6) is -0.452. The molecule has 1 aromatic heterocycles. The number of nitro benzene ring substituents is 1. The van der Waals surface area contributed by atoms with Crippen LogP contribution in [0.2, 0.25) is 0 Å². The van der Waals surface area contributed by atoms with E-state index in [0.29, 0.717) is 17.6 Å². The average molecular weight is 352 g/mol. The molecule has 0 saturated carbocycles. The molecule has 0 amide bonds. The van der Waals surface area contributed by atoms with E-state index in [1.807, 2.05) is 34.9 Å². The first kappa shape index (κ1) is 17.7. The number of carbonyl (C=O) groups excluding carboxylic acids is 1. The van der Waals surface area contributed by atoms with E-state index in [2.05, 4.69) is 0 Å². The highest BCUT2D eigenvalue weighted by molar-refractivity contribution is 5.96. The lowest BCUT2D eigenvalue weighted by molar-refractivity contribution is -0.384. The number of rotatable bonds is 4. The van der Waals surface area contributed by atoms with Gasteiger partial charge in [0.2, 0.25) is 0 Å². The molecular formula is C20H20N2O4. The zero-order valence-electron chi connectivity index (χ0n) is 14.9. The average Bonchev–Trinajstić information content (AvgIpc) is 2.92. The quantitative estimate of drug-likeness (QED) is 0.392. The number of carbonyl (C=O) groups is 1. The number of aromatic nitrogens is 1. The van der Waals surface area contributed by atoms with Gasteiger partial charge in [-0.3, -0.25) is 10.1 Å². The Morgan fingerprint density at radius 3 is 2.42 bits per heavy atom. The van der Waals surface area contributed by atoms with Crippen LogP contribution < -0.4 is 0 Å². The number of nitro groups is 1. The summed E-state index contributed by atoms with van der Waals surface area (Å²) in [6.07, 6.45) is 0. The first-order valence-corrected chi connectivity index (χ1v) is 8.29. The molecule has 3 rings (SSSR count). The van der Waals surface area contributed by atoms with Crippen molar-refractivity contribution in [3.63, 3.8) is 0 Å². The fraction of sp³-hybridized carbons (Fsp3) is 0.250. The van der Waals surface area contributed by atoms with E-state index >= 15 is 0 Å². The van der Waals surface area contributed by atoms with Gasteiger partial charge in [-0.2, -0.15) is 0 Å². The lowest BCUT2D eigenvalue weighted by Crippen LogP contribution is -2.25. The van der Waals surface area contributed by atoms with E-state index < -0.39 is 16.5 Å². The molecule has 0 unspecified atom stereocenters. The number of nitrogens with zero attached hydrogens (tertiary/aromatic N) is 2. The summed E-state index contributed by atoms with van der Waals surface area (Å²) in [4.78, 5) is 23.3. The predicted molar refractivity (Wildman–Crippen MR) is 99.3 cm³/mol. The summed E-state index contributed by atoms with van der Waals surface area (Å²) in [6, 6.07) is 16.0. The number of esters is 1. The lowest BCUT2D eigenvalue weighted by Gasteiger charge is -2.20. The van der Waals surface area contributed by atoms with Crippen molar-refractivity contribution in [1.29, 1.82) is 0 Å². The molecule has 1 heterocycles. The largest absolute Gasteiger partial charge is 0.455 e. The van der Waals surface area contributed by atoms with Crippen LogP contribution in [-0.4, -0.2) is 21.1 Å². The van der Waals surface area contributed by atoms with Gasteiger partial charge in [0.1, 0.15) is 11.3 Å². The van der Waals surface area contributed by atoms with E-state index in [1.165, 1.54) is 12.1 Å². The van der Waals surface area contributed by atoms with Crippen LogP contribution in [0.3, 0.4) is 0 Å². The van der Waals surface area contributed by atoms with Crippen molar-refractivity contribution in [3.05, 3.63) is 76.0 Å². The maximum absolute atomic E-state index is 12.7. The number of non-ortho nitro benzene ring substituents is 1. The van der Waals surface area contributed by atoms with Gasteiger partial charge < -0.3 is 9.30 Å². The Labute approximate surface area is 151 Å². The molecule has 0 aliphatic carbocycles. The highest BCUT2D eigenvalue weighted by atomic mass is 16.6. The predicted octanol–water partition coefficient (Wildman–Crippen LogP) is 4.55. The second-order valence-electron chi connectivity index (χ2n) is 7.10. The SMILES string of the molecule is CC(C)(C)OC(=O)c1cc2cc([N+](=O)[O-])ccc2n1Cc1ccccc1. The minimum atomic E-state index is -0.628. The van der Waals surface area contributed by atoms with Crippen LogP contribution in [0.1, 0.15) is 36.8 Å². The molecule has 0 bridgehead atoms. The van der Waals surface area contributed by atoms with Gasteiger partial charge in [-0.1, -0.05) is 30.3 Å². The van der Waals surface area contributed by atoms with Crippen LogP contribution >= 0.6 is 0 Å². The second-order valence-corrected chi connectivity index (χ2v) is 7.10. The Balaban J connectivity index is 2.12. The molecule has 0 radical (unpaired) electrons. The van der Waals surface area contributed by atoms with Gasteiger partial charge in [-0.25, -0.2) is 4.79 Å². The van der Waals surface area contributed by atoms with Crippen molar-refractivity contribution in [3.8, 4) is 0 Å². The van der Waals surface area contributed by atoms with Gasteiger partial charge in [0.25, 0.3) is 5.69 Å². The Hall–Kier alpha value is -3.15. The molecule has 6 heteroatoms. The fourth-order valence-corrected chi connectivity index (χ4v) is 2.81. The van der Waals surface area contributed by atoms with Crippen molar-refractivity contribution >= 4 is 22.6 Å². The van der Waals surface area contributed by atoms with Crippen LogP contribution in [0, 0.1) is 10.1 Å². The monoisotopic (exact) mass is 352 g/mol. The van der Waals surface area contributed by atoms with Gasteiger partial charge in [0.05, 0.1) is 4.92 Å². The van der Waals surface area contributed by atoms with E-state index in [9.17, 15) is 14.9 Å². The van der Waals surface area contributed by atoms with Gasteiger partial charge >= 0.3 is 5.97 Å². The molecule has 0 saturated heterocycles. The highest BCUT2D eigenvalue weighted by Crippen LogP contribution is 2.27.